The van der Waals surface area contributed by atoms with E-state index in [4.69, 9.17) is 4.98 Å². The standard InChI is InChI=1S/C24H23N3OS/c1-17-10-12-21-23(18(17)2)26-24(29-21)27(16-20-9-6-14-25-15-20)22(28)13-11-19-7-4-3-5-8-19/h3-10,12,14-15H,11,13,16H2,1-2H3. The Morgan fingerprint density at radius 2 is 1.79 bits per heavy atom. The van der Waals surface area contributed by atoms with Crippen LogP contribution in [0.1, 0.15) is 28.7 Å². The highest BCUT2D eigenvalue weighted by molar-refractivity contribution is 7.22. The smallest absolute Gasteiger partial charge is 0.229 e. The highest BCUT2D eigenvalue weighted by atomic mass is 32.1. The van der Waals surface area contributed by atoms with Gasteiger partial charge in [0, 0.05) is 18.8 Å². The molecular weight excluding hydrogens is 378 g/mol. The van der Waals surface area contributed by atoms with Crippen molar-refractivity contribution < 1.29 is 4.79 Å². The van der Waals surface area contributed by atoms with Crippen molar-refractivity contribution in [2.45, 2.75) is 33.2 Å². The predicted molar refractivity (Wildman–Crippen MR) is 119 cm³/mol. The molecule has 2 aromatic carbocycles. The van der Waals surface area contributed by atoms with E-state index < -0.39 is 0 Å². The fourth-order valence-corrected chi connectivity index (χ4v) is 4.34. The number of rotatable bonds is 6. The van der Waals surface area contributed by atoms with Crippen molar-refractivity contribution in [2.75, 3.05) is 4.90 Å². The van der Waals surface area contributed by atoms with Crippen LogP contribution in [0, 0.1) is 13.8 Å². The van der Waals surface area contributed by atoms with Crippen LogP contribution in [0.2, 0.25) is 0 Å². The molecule has 0 spiro atoms. The predicted octanol–water partition coefficient (Wildman–Crippen LogP) is 5.47. The Hall–Kier alpha value is -3.05. The first-order valence-electron chi connectivity index (χ1n) is 9.72. The number of amides is 1. The third-order valence-electron chi connectivity index (χ3n) is 5.14. The van der Waals surface area contributed by atoms with E-state index in [0.717, 1.165) is 26.5 Å². The first-order valence-corrected chi connectivity index (χ1v) is 10.5. The number of aromatic nitrogens is 2. The Morgan fingerprint density at radius 3 is 2.55 bits per heavy atom. The van der Waals surface area contributed by atoms with Crippen molar-refractivity contribution in [2.24, 2.45) is 0 Å². The Morgan fingerprint density at radius 1 is 1.00 bits per heavy atom. The minimum atomic E-state index is 0.0751. The Bertz CT molecular complexity index is 1120. The molecule has 2 heterocycles. The number of benzene rings is 2. The number of anilines is 1. The zero-order chi connectivity index (χ0) is 20.2. The highest BCUT2D eigenvalue weighted by Gasteiger charge is 2.21. The van der Waals surface area contributed by atoms with Crippen molar-refractivity contribution >= 4 is 32.6 Å². The summed E-state index contributed by atoms with van der Waals surface area (Å²) in [5, 5.41) is 0.746. The summed E-state index contributed by atoms with van der Waals surface area (Å²) in [5.74, 6) is 0.0751. The average molecular weight is 402 g/mol. The van der Waals surface area contributed by atoms with Crippen molar-refractivity contribution in [1.29, 1.82) is 0 Å². The Labute approximate surface area is 174 Å². The molecule has 29 heavy (non-hydrogen) atoms. The second-order valence-electron chi connectivity index (χ2n) is 7.18. The normalized spacial score (nSPS) is 11.0. The second kappa shape index (κ2) is 8.53. The maximum absolute atomic E-state index is 13.2. The number of carbonyl (C=O) groups is 1. The molecule has 1 amide bonds. The van der Waals surface area contributed by atoms with Crippen LogP contribution in [0.3, 0.4) is 0 Å². The fourth-order valence-electron chi connectivity index (χ4n) is 3.30. The number of carbonyl (C=O) groups excluding carboxylic acids is 1. The van der Waals surface area contributed by atoms with Gasteiger partial charge in [-0.25, -0.2) is 4.98 Å². The molecule has 0 fully saturated rings. The summed E-state index contributed by atoms with van der Waals surface area (Å²) >= 11 is 1.57. The lowest BCUT2D eigenvalue weighted by Gasteiger charge is -2.20. The zero-order valence-electron chi connectivity index (χ0n) is 16.6. The number of nitrogens with zero attached hydrogens (tertiary/aromatic N) is 3. The van der Waals surface area contributed by atoms with Crippen LogP contribution < -0.4 is 4.90 Å². The van der Waals surface area contributed by atoms with Crippen LogP contribution in [0.5, 0.6) is 0 Å². The summed E-state index contributed by atoms with van der Waals surface area (Å²) in [5.41, 5.74) is 5.52. The van der Waals surface area contributed by atoms with Gasteiger partial charge in [0.15, 0.2) is 5.13 Å². The van der Waals surface area contributed by atoms with E-state index in [2.05, 4.69) is 43.1 Å². The minimum Gasteiger partial charge on any atom is -0.284 e. The van der Waals surface area contributed by atoms with Gasteiger partial charge in [0.25, 0.3) is 0 Å². The van der Waals surface area contributed by atoms with Crippen molar-refractivity contribution in [3.8, 4) is 0 Å². The molecule has 0 saturated carbocycles. The lowest BCUT2D eigenvalue weighted by Crippen LogP contribution is -2.30. The van der Waals surface area contributed by atoms with Gasteiger partial charge in [-0.2, -0.15) is 0 Å². The first kappa shape index (κ1) is 19.3. The van der Waals surface area contributed by atoms with Crippen LogP contribution in [0.15, 0.2) is 67.0 Å². The summed E-state index contributed by atoms with van der Waals surface area (Å²) in [6.07, 6.45) is 4.71. The summed E-state index contributed by atoms with van der Waals surface area (Å²) < 4.78 is 1.11. The first-order chi connectivity index (χ1) is 14.1. The molecular formula is C24H23N3OS. The summed E-state index contributed by atoms with van der Waals surface area (Å²) in [6, 6.07) is 18.2. The highest BCUT2D eigenvalue weighted by Crippen LogP contribution is 2.33. The van der Waals surface area contributed by atoms with Gasteiger partial charge >= 0.3 is 0 Å². The number of aryl methyl sites for hydroxylation is 3. The molecule has 0 unspecified atom stereocenters. The second-order valence-corrected chi connectivity index (χ2v) is 8.19. The number of fused-ring (bicyclic) bond motifs is 1. The Balaban J connectivity index is 1.64. The molecule has 4 rings (SSSR count). The summed E-state index contributed by atoms with van der Waals surface area (Å²) in [7, 11) is 0. The maximum Gasteiger partial charge on any atom is 0.229 e. The third kappa shape index (κ3) is 4.35. The van der Waals surface area contributed by atoms with Gasteiger partial charge in [-0.15, -0.1) is 0 Å². The van der Waals surface area contributed by atoms with Crippen LogP contribution in [0.25, 0.3) is 10.2 Å². The van der Waals surface area contributed by atoms with E-state index in [1.807, 2.05) is 30.3 Å². The largest absolute Gasteiger partial charge is 0.284 e. The van der Waals surface area contributed by atoms with Crippen LogP contribution in [-0.2, 0) is 17.8 Å². The molecule has 0 bridgehead atoms. The van der Waals surface area contributed by atoms with Crippen molar-refractivity contribution in [1.82, 2.24) is 9.97 Å². The van der Waals surface area contributed by atoms with Crippen LogP contribution in [-0.4, -0.2) is 15.9 Å². The molecule has 146 valence electrons. The van der Waals surface area contributed by atoms with E-state index in [1.54, 1.807) is 28.6 Å². The summed E-state index contributed by atoms with van der Waals surface area (Å²) in [4.78, 5) is 24.1. The van der Waals surface area contributed by atoms with Crippen LogP contribution >= 0.6 is 11.3 Å². The molecule has 4 nitrogen and oxygen atoms in total. The van der Waals surface area contributed by atoms with Gasteiger partial charge in [-0.3, -0.25) is 14.7 Å². The molecule has 2 aromatic heterocycles. The monoisotopic (exact) mass is 401 g/mol. The topological polar surface area (TPSA) is 46.1 Å². The minimum absolute atomic E-state index is 0.0751. The molecule has 0 aliphatic rings. The summed E-state index contributed by atoms with van der Waals surface area (Å²) in [6.45, 7) is 4.65. The van der Waals surface area contributed by atoms with Gasteiger partial charge in [-0.05, 0) is 54.7 Å². The molecule has 0 N–H and O–H groups in total. The number of thiazole rings is 1. The van der Waals surface area contributed by atoms with Gasteiger partial charge in [0.1, 0.15) is 0 Å². The quantitative estimate of drug-likeness (QED) is 0.430. The van der Waals surface area contributed by atoms with Crippen molar-refractivity contribution in [3.63, 3.8) is 0 Å². The SMILES string of the molecule is Cc1ccc2sc(N(Cc3cccnc3)C(=O)CCc3ccccc3)nc2c1C. The van der Waals surface area contributed by atoms with Gasteiger partial charge < -0.3 is 0 Å². The molecule has 0 radical (unpaired) electrons. The molecule has 0 aliphatic carbocycles. The van der Waals surface area contributed by atoms with E-state index in [0.29, 0.717) is 19.4 Å². The van der Waals surface area contributed by atoms with Gasteiger partial charge in [-0.1, -0.05) is 53.8 Å². The number of hydrogen-bond donors (Lipinski definition) is 0. The maximum atomic E-state index is 13.2. The molecule has 5 heteroatoms. The third-order valence-corrected chi connectivity index (χ3v) is 6.18. The molecule has 0 aliphatic heterocycles. The Kier molecular flexibility index (Phi) is 5.67. The number of pyridine rings is 1. The lowest BCUT2D eigenvalue weighted by molar-refractivity contribution is -0.118. The van der Waals surface area contributed by atoms with Crippen molar-refractivity contribution in [3.05, 3.63) is 89.2 Å². The van der Waals surface area contributed by atoms with E-state index >= 15 is 0 Å². The average Bonchev–Trinajstić information content (AvgIpc) is 3.19. The van der Waals surface area contributed by atoms with E-state index in [9.17, 15) is 4.79 Å². The van der Waals surface area contributed by atoms with Gasteiger partial charge in [0.2, 0.25) is 5.91 Å². The number of hydrogen-bond acceptors (Lipinski definition) is 4. The van der Waals surface area contributed by atoms with Gasteiger partial charge in [0.05, 0.1) is 16.8 Å². The van der Waals surface area contributed by atoms with E-state index in [1.165, 1.54) is 11.1 Å². The lowest BCUT2D eigenvalue weighted by atomic mass is 10.1. The zero-order valence-corrected chi connectivity index (χ0v) is 17.4. The fraction of sp³-hybridized carbons (Fsp3) is 0.208. The van der Waals surface area contributed by atoms with Crippen LogP contribution in [0.4, 0.5) is 5.13 Å². The molecule has 4 aromatic rings. The molecule has 0 atom stereocenters. The van der Waals surface area contributed by atoms with E-state index in [-0.39, 0.29) is 5.91 Å². The molecule has 0 saturated heterocycles.